The second-order valence-electron chi connectivity index (χ2n) is 14.2. The van der Waals surface area contributed by atoms with Gasteiger partial charge in [0.25, 0.3) is 0 Å². The van der Waals surface area contributed by atoms with E-state index in [1.807, 2.05) is 46.9 Å². The van der Waals surface area contributed by atoms with Crippen LogP contribution < -0.4 is 0 Å². The summed E-state index contributed by atoms with van der Waals surface area (Å²) in [4.78, 5) is 0. The first-order chi connectivity index (χ1) is 27.7. The Morgan fingerprint density at radius 3 is 1.84 bits per heavy atom. The number of thiophene rings is 2. The van der Waals surface area contributed by atoms with E-state index in [4.69, 9.17) is 0 Å². The predicted molar refractivity (Wildman–Crippen MR) is 236 cm³/mol. The molecule has 0 atom stereocenters. The van der Waals surface area contributed by atoms with Gasteiger partial charge in [0.2, 0.25) is 0 Å². The topological polar surface area (TPSA) is 57.4 Å². The first kappa shape index (κ1) is 31.2. The third-order valence-corrected chi connectivity index (χ3v) is 13.7. The van der Waals surface area contributed by atoms with E-state index in [9.17, 15) is 10.5 Å². The van der Waals surface area contributed by atoms with E-state index in [0.29, 0.717) is 11.1 Å². The molecule has 0 amide bonds. The van der Waals surface area contributed by atoms with Gasteiger partial charge in [0.15, 0.2) is 0 Å². The van der Waals surface area contributed by atoms with Crippen molar-refractivity contribution in [3.8, 4) is 34.6 Å². The van der Waals surface area contributed by atoms with E-state index in [1.165, 1.54) is 51.1 Å². The van der Waals surface area contributed by atoms with Crippen molar-refractivity contribution in [1.29, 1.82) is 10.5 Å². The van der Waals surface area contributed by atoms with Crippen LogP contribution in [0.2, 0.25) is 0 Å². The number of para-hydroxylation sites is 3. The summed E-state index contributed by atoms with van der Waals surface area (Å²) >= 11 is 3.64. The summed E-state index contributed by atoms with van der Waals surface area (Å²) in [6.07, 6.45) is 0. The van der Waals surface area contributed by atoms with Gasteiger partial charge in [0.1, 0.15) is 12.1 Å². The van der Waals surface area contributed by atoms with Crippen molar-refractivity contribution in [2.45, 2.75) is 0 Å². The van der Waals surface area contributed by atoms with Crippen LogP contribution in [0.4, 0.5) is 0 Å². The van der Waals surface area contributed by atoms with Gasteiger partial charge in [0, 0.05) is 67.5 Å². The van der Waals surface area contributed by atoms with E-state index >= 15 is 0 Å². The fourth-order valence-corrected chi connectivity index (χ4v) is 11.5. The number of nitriles is 2. The van der Waals surface area contributed by atoms with Crippen LogP contribution in [0, 0.1) is 22.7 Å². The highest BCUT2D eigenvalue weighted by Crippen LogP contribution is 2.47. The van der Waals surface area contributed by atoms with Gasteiger partial charge >= 0.3 is 0 Å². The molecule has 12 aromatic rings. The van der Waals surface area contributed by atoms with Crippen LogP contribution in [0.3, 0.4) is 0 Å². The van der Waals surface area contributed by atoms with Crippen LogP contribution in [-0.2, 0) is 0 Å². The molecule has 0 spiro atoms. The Morgan fingerprint density at radius 2 is 1.05 bits per heavy atom. The summed E-state index contributed by atoms with van der Waals surface area (Å²) in [5, 5.41) is 31.1. The monoisotopic (exact) mass is 746 g/mol. The van der Waals surface area contributed by atoms with E-state index in [2.05, 4.69) is 155 Å². The highest BCUT2D eigenvalue weighted by Gasteiger charge is 2.24. The zero-order chi connectivity index (χ0) is 37.1. The van der Waals surface area contributed by atoms with E-state index in [1.54, 1.807) is 0 Å². The zero-order valence-corrected chi connectivity index (χ0v) is 31.2. The largest absolute Gasteiger partial charge is 0.308 e. The molecule has 0 saturated heterocycles. The number of hydrogen-bond acceptors (Lipinski definition) is 4. The average molecular weight is 747 g/mol. The highest BCUT2D eigenvalue weighted by molar-refractivity contribution is 7.27. The molecule has 4 aromatic heterocycles. The maximum atomic E-state index is 10.8. The van der Waals surface area contributed by atoms with Crippen LogP contribution in [0.15, 0.2) is 158 Å². The van der Waals surface area contributed by atoms with E-state index in [-0.39, 0.29) is 0 Å². The summed E-state index contributed by atoms with van der Waals surface area (Å²) in [6, 6.07) is 60.3. The molecule has 258 valence electrons. The van der Waals surface area contributed by atoms with Crippen molar-refractivity contribution in [3.05, 3.63) is 169 Å². The average Bonchev–Trinajstić information content (AvgIpc) is 4.00. The molecule has 56 heavy (non-hydrogen) atoms. The SMILES string of the molecule is N#Cc1ccc(-c2cccc(C#N)c2-n2c3ccccc3c3c4c(ccc32)sc2ccccc24)cc1-n1c2ccccc2c2c3sc4ccccc4c3ccc21. The highest BCUT2D eigenvalue weighted by atomic mass is 32.1. The molecule has 4 heterocycles. The molecular weight excluding hydrogens is 721 g/mol. The Balaban J connectivity index is 1.16. The van der Waals surface area contributed by atoms with Crippen LogP contribution in [0.1, 0.15) is 11.1 Å². The molecule has 4 nitrogen and oxygen atoms in total. The van der Waals surface area contributed by atoms with Crippen molar-refractivity contribution >= 4 is 107 Å². The van der Waals surface area contributed by atoms with Gasteiger partial charge in [-0.1, -0.05) is 97.1 Å². The summed E-state index contributed by atoms with van der Waals surface area (Å²) in [7, 11) is 0. The van der Waals surface area contributed by atoms with Gasteiger partial charge in [0.05, 0.1) is 44.6 Å². The minimum absolute atomic E-state index is 0.578. The summed E-state index contributed by atoms with van der Waals surface area (Å²) in [6.45, 7) is 0. The Hall–Kier alpha value is -7.22. The minimum atomic E-state index is 0.578. The van der Waals surface area contributed by atoms with Gasteiger partial charge in [-0.25, -0.2) is 0 Å². The van der Waals surface area contributed by atoms with Gasteiger partial charge in [-0.15, -0.1) is 22.7 Å². The first-order valence-electron chi connectivity index (χ1n) is 18.5. The number of fused-ring (bicyclic) bond motifs is 14. The maximum absolute atomic E-state index is 10.8. The van der Waals surface area contributed by atoms with Crippen molar-refractivity contribution in [1.82, 2.24) is 9.13 Å². The van der Waals surface area contributed by atoms with Crippen LogP contribution >= 0.6 is 22.7 Å². The quantitative estimate of drug-likeness (QED) is 0.181. The molecule has 0 saturated carbocycles. The lowest BCUT2D eigenvalue weighted by molar-refractivity contribution is 1.16. The van der Waals surface area contributed by atoms with Crippen molar-refractivity contribution in [3.63, 3.8) is 0 Å². The standard InChI is InChI=1S/C50H26N4S2/c51-27-30-21-20-29(26-42(30)53-38-16-5-2-13-36(38)47-41(53)23-22-34-33-11-3-7-18-43(33)56-50(34)47)32-15-9-10-31(28-52)49(32)54-39-17-6-1-12-35(39)46-40(54)24-25-45-48(46)37-14-4-8-19-44(37)55-45/h1-26H. The first-order valence-corrected chi connectivity index (χ1v) is 20.1. The van der Waals surface area contributed by atoms with Crippen LogP contribution in [0.25, 0.3) is 106 Å². The Bertz CT molecular complexity index is 3750. The Kier molecular flexibility index (Phi) is 6.48. The van der Waals surface area contributed by atoms with Gasteiger partial charge < -0.3 is 9.13 Å². The van der Waals surface area contributed by atoms with Crippen molar-refractivity contribution in [2.75, 3.05) is 0 Å². The third kappa shape index (κ3) is 4.15. The molecule has 0 N–H and O–H groups in total. The molecule has 0 radical (unpaired) electrons. The molecule has 0 aliphatic carbocycles. The molecule has 0 fully saturated rings. The van der Waals surface area contributed by atoms with Crippen molar-refractivity contribution < 1.29 is 0 Å². The number of aromatic nitrogens is 2. The lowest BCUT2D eigenvalue weighted by Crippen LogP contribution is -2.02. The summed E-state index contributed by atoms with van der Waals surface area (Å²) < 4.78 is 9.54. The molecular formula is C50H26N4S2. The Morgan fingerprint density at radius 1 is 0.411 bits per heavy atom. The normalized spacial score (nSPS) is 11.9. The zero-order valence-electron chi connectivity index (χ0n) is 29.6. The molecule has 6 heteroatoms. The predicted octanol–water partition coefficient (Wildman–Crippen LogP) is 14.0. The number of rotatable bonds is 3. The molecule has 0 aliphatic heterocycles. The smallest absolute Gasteiger partial charge is 0.101 e. The molecule has 8 aromatic carbocycles. The molecule has 0 aliphatic rings. The van der Waals surface area contributed by atoms with E-state index in [0.717, 1.165) is 55.3 Å². The Labute approximate surface area is 328 Å². The van der Waals surface area contributed by atoms with Crippen LogP contribution in [0.5, 0.6) is 0 Å². The summed E-state index contributed by atoms with van der Waals surface area (Å²) in [5.41, 5.74) is 8.82. The van der Waals surface area contributed by atoms with Gasteiger partial charge in [-0.3, -0.25) is 0 Å². The van der Waals surface area contributed by atoms with Gasteiger partial charge in [-0.2, -0.15) is 10.5 Å². The number of hydrogen-bond donors (Lipinski definition) is 0. The fourth-order valence-electron chi connectivity index (χ4n) is 9.10. The van der Waals surface area contributed by atoms with Gasteiger partial charge in [-0.05, 0) is 66.2 Å². The lowest BCUT2D eigenvalue weighted by Gasteiger charge is -2.17. The molecule has 12 rings (SSSR count). The lowest BCUT2D eigenvalue weighted by atomic mass is 9.97. The third-order valence-electron chi connectivity index (χ3n) is 11.4. The number of benzene rings is 8. The van der Waals surface area contributed by atoms with Crippen molar-refractivity contribution in [2.24, 2.45) is 0 Å². The minimum Gasteiger partial charge on any atom is -0.308 e. The molecule has 0 unspecified atom stereocenters. The second-order valence-corrected chi connectivity index (χ2v) is 16.4. The van der Waals surface area contributed by atoms with Crippen LogP contribution in [-0.4, -0.2) is 9.13 Å². The number of nitrogens with zero attached hydrogens (tertiary/aromatic N) is 4. The second kappa shape index (κ2) is 11.6. The fraction of sp³-hybridized carbons (Fsp3) is 0. The van der Waals surface area contributed by atoms with E-state index < -0.39 is 0 Å². The maximum Gasteiger partial charge on any atom is 0.101 e. The molecule has 0 bridgehead atoms. The summed E-state index contributed by atoms with van der Waals surface area (Å²) in [5.74, 6) is 0.